The van der Waals surface area contributed by atoms with Crippen molar-refractivity contribution in [3.63, 3.8) is 0 Å². The number of anilines is 1. The Morgan fingerprint density at radius 3 is 2.32 bits per heavy atom. The summed E-state index contributed by atoms with van der Waals surface area (Å²) in [7, 11) is 0. The molecule has 1 aliphatic heterocycles. The average molecular weight is 302 g/mol. The molecule has 2 fully saturated rings. The molecule has 1 aromatic rings. The first-order chi connectivity index (χ1) is 10.5. The molecular formula is C18H30N4. The van der Waals surface area contributed by atoms with Crippen LogP contribution in [-0.4, -0.2) is 47.6 Å². The maximum absolute atomic E-state index is 4.91. The van der Waals surface area contributed by atoms with E-state index in [9.17, 15) is 0 Å². The normalized spacial score (nSPS) is 20.5. The Kier molecular flexibility index (Phi) is 4.40. The zero-order valence-corrected chi connectivity index (χ0v) is 14.6. The van der Waals surface area contributed by atoms with Gasteiger partial charge in [-0.1, -0.05) is 27.7 Å². The second kappa shape index (κ2) is 6.15. The Bertz CT molecular complexity index is 508. The molecule has 22 heavy (non-hydrogen) atoms. The summed E-state index contributed by atoms with van der Waals surface area (Å²) in [6, 6.07) is 2.25. The first-order valence-electron chi connectivity index (χ1n) is 8.84. The number of piperazine rings is 1. The molecule has 4 heteroatoms. The summed E-state index contributed by atoms with van der Waals surface area (Å²) in [5.41, 5.74) is 1.29. The van der Waals surface area contributed by atoms with Gasteiger partial charge in [-0.05, 0) is 25.8 Å². The van der Waals surface area contributed by atoms with Crippen LogP contribution in [0.4, 0.5) is 5.82 Å². The summed E-state index contributed by atoms with van der Waals surface area (Å²) in [5, 5.41) is 0. The molecule has 1 saturated heterocycles. The quantitative estimate of drug-likeness (QED) is 0.855. The smallest absolute Gasteiger partial charge is 0.136 e. The van der Waals surface area contributed by atoms with Gasteiger partial charge in [0.25, 0.3) is 0 Å². The molecule has 1 aromatic heterocycles. The zero-order valence-electron chi connectivity index (χ0n) is 14.6. The van der Waals surface area contributed by atoms with Gasteiger partial charge in [-0.3, -0.25) is 4.90 Å². The van der Waals surface area contributed by atoms with E-state index in [4.69, 9.17) is 9.97 Å². The molecule has 1 saturated carbocycles. The minimum absolute atomic E-state index is 0.0175. The number of nitrogens with zero attached hydrogens (tertiary/aromatic N) is 4. The van der Waals surface area contributed by atoms with Gasteiger partial charge in [0.1, 0.15) is 11.6 Å². The molecule has 0 aromatic carbocycles. The molecule has 0 bridgehead atoms. The van der Waals surface area contributed by atoms with Gasteiger partial charge in [0.05, 0.1) is 0 Å². The summed E-state index contributed by atoms with van der Waals surface area (Å²) in [6.07, 6.45) is 3.84. The SMILES string of the molecule is CCCN1CCN(c2cc(C3CC3)nc(C(C)(C)C)n2)CC1. The van der Waals surface area contributed by atoms with E-state index in [2.05, 4.69) is 43.6 Å². The lowest BCUT2D eigenvalue weighted by atomic mass is 9.95. The van der Waals surface area contributed by atoms with E-state index in [0.717, 1.165) is 37.8 Å². The fraction of sp³-hybridized carbons (Fsp3) is 0.778. The Labute approximate surface area is 134 Å². The summed E-state index contributed by atoms with van der Waals surface area (Å²) in [6.45, 7) is 14.6. The molecule has 0 N–H and O–H groups in total. The fourth-order valence-electron chi connectivity index (χ4n) is 3.06. The van der Waals surface area contributed by atoms with Crippen molar-refractivity contribution in [3.05, 3.63) is 17.6 Å². The third-order valence-electron chi connectivity index (χ3n) is 4.64. The molecule has 0 amide bonds. The lowest BCUT2D eigenvalue weighted by molar-refractivity contribution is 0.258. The van der Waals surface area contributed by atoms with Crippen LogP contribution in [0.2, 0.25) is 0 Å². The van der Waals surface area contributed by atoms with Crippen molar-refractivity contribution in [2.24, 2.45) is 0 Å². The molecule has 2 aliphatic rings. The standard InChI is InChI=1S/C18H30N4/c1-5-8-21-9-11-22(12-10-21)16-13-15(14-6-7-14)19-17(20-16)18(2,3)4/h13-14H,5-12H2,1-4H3. The van der Waals surface area contributed by atoms with Gasteiger partial charge in [0, 0.05) is 49.3 Å². The van der Waals surface area contributed by atoms with Gasteiger partial charge >= 0.3 is 0 Å². The van der Waals surface area contributed by atoms with Crippen LogP contribution in [0.25, 0.3) is 0 Å². The maximum atomic E-state index is 4.91. The second-order valence-corrected chi connectivity index (χ2v) is 7.83. The van der Waals surface area contributed by atoms with E-state index in [0.29, 0.717) is 5.92 Å². The third-order valence-corrected chi connectivity index (χ3v) is 4.64. The van der Waals surface area contributed by atoms with Gasteiger partial charge in [0.15, 0.2) is 0 Å². The van der Waals surface area contributed by atoms with Crippen molar-refractivity contribution in [2.75, 3.05) is 37.6 Å². The minimum atomic E-state index is 0.0175. The maximum Gasteiger partial charge on any atom is 0.136 e. The van der Waals surface area contributed by atoms with Crippen LogP contribution in [-0.2, 0) is 5.41 Å². The van der Waals surface area contributed by atoms with Crippen LogP contribution in [0.15, 0.2) is 6.07 Å². The summed E-state index contributed by atoms with van der Waals surface area (Å²) < 4.78 is 0. The van der Waals surface area contributed by atoms with Crippen molar-refractivity contribution in [3.8, 4) is 0 Å². The number of rotatable bonds is 4. The Morgan fingerprint density at radius 1 is 1.09 bits per heavy atom. The van der Waals surface area contributed by atoms with E-state index in [1.807, 2.05) is 0 Å². The van der Waals surface area contributed by atoms with E-state index in [1.54, 1.807) is 0 Å². The second-order valence-electron chi connectivity index (χ2n) is 7.83. The first-order valence-corrected chi connectivity index (χ1v) is 8.84. The highest BCUT2D eigenvalue weighted by molar-refractivity contribution is 5.42. The van der Waals surface area contributed by atoms with Crippen LogP contribution in [0.1, 0.15) is 64.4 Å². The Morgan fingerprint density at radius 2 is 1.77 bits per heavy atom. The summed E-state index contributed by atoms with van der Waals surface area (Å²) >= 11 is 0. The number of aromatic nitrogens is 2. The molecule has 122 valence electrons. The Balaban J connectivity index is 1.79. The molecule has 3 rings (SSSR count). The molecule has 4 nitrogen and oxygen atoms in total. The van der Waals surface area contributed by atoms with Crippen LogP contribution >= 0.6 is 0 Å². The topological polar surface area (TPSA) is 32.3 Å². The molecular weight excluding hydrogens is 272 g/mol. The predicted molar refractivity (Wildman–Crippen MR) is 91.7 cm³/mol. The molecule has 0 radical (unpaired) electrons. The molecule has 0 atom stereocenters. The van der Waals surface area contributed by atoms with Gasteiger partial charge in [0.2, 0.25) is 0 Å². The minimum Gasteiger partial charge on any atom is -0.354 e. The summed E-state index contributed by atoms with van der Waals surface area (Å²) in [4.78, 5) is 14.8. The van der Waals surface area contributed by atoms with Crippen molar-refractivity contribution in [1.29, 1.82) is 0 Å². The lowest BCUT2D eigenvalue weighted by Gasteiger charge is -2.35. The number of hydrogen-bond acceptors (Lipinski definition) is 4. The average Bonchev–Trinajstić information content (AvgIpc) is 3.32. The Hall–Kier alpha value is -1.16. The largest absolute Gasteiger partial charge is 0.354 e. The van der Waals surface area contributed by atoms with Gasteiger partial charge in [-0.2, -0.15) is 0 Å². The molecule has 1 aliphatic carbocycles. The fourth-order valence-corrected chi connectivity index (χ4v) is 3.06. The molecule has 2 heterocycles. The molecule has 0 unspecified atom stereocenters. The zero-order chi connectivity index (χ0) is 15.7. The van der Waals surface area contributed by atoms with E-state index >= 15 is 0 Å². The van der Waals surface area contributed by atoms with Crippen LogP contribution < -0.4 is 4.90 Å². The van der Waals surface area contributed by atoms with E-state index < -0.39 is 0 Å². The van der Waals surface area contributed by atoms with Crippen molar-refractivity contribution >= 4 is 5.82 Å². The van der Waals surface area contributed by atoms with Crippen LogP contribution in [0.3, 0.4) is 0 Å². The van der Waals surface area contributed by atoms with E-state index in [1.165, 1.54) is 31.5 Å². The van der Waals surface area contributed by atoms with Crippen LogP contribution in [0, 0.1) is 0 Å². The number of hydrogen-bond donors (Lipinski definition) is 0. The van der Waals surface area contributed by atoms with E-state index in [-0.39, 0.29) is 5.41 Å². The first kappa shape index (κ1) is 15.7. The van der Waals surface area contributed by atoms with Crippen molar-refractivity contribution in [1.82, 2.24) is 14.9 Å². The highest BCUT2D eigenvalue weighted by Crippen LogP contribution is 2.40. The van der Waals surface area contributed by atoms with Crippen molar-refractivity contribution < 1.29 is 0 Å². The van der Waals surface area contributed by atoms with Crippen molar-refractivity contribution in [2.45, 2.75) is 58.3 Å². The van der Waals surface area contributed by atoms with Gasteiger partial charge in [-0.25, -0.2) is 9.97 Å². The van der Waals surface area contributed by atoms with Gasteiger partial charge < -0.3 is 4.90 Å². The summed E-state index contributed by atoms with van der Waals surface area (Å²) in [5.74, 6) is 2.84. The highest BCUT2D eigenvalue weighted by atomic mass is 15.3. The predicted octanol–water partition coefficient (Wildman–Crippen LogP) is 3.18. The lowest BCUT2D eigenvalue weighted by Crippen LogP contribution is -2.47. The highest BCUT2D eigenvalue weighted by Gasteiger charge is 2.29. The monoisotopic (exact) mass is 302 g/mol. The third kappa shape index (κ3) is 3.60. The van der Waals surface area contributed by atoms with Gasteiger partial charge in [-0.15, -0.1) is 0 Å². The molecule has 0 spiro atoms. The van der Waals surface area contributed by atoms with Crippen LogP contribution in [0.5, 0.6) is 0 Å².